The van der Waals surface area contributed by atoms with Crippen LogP contribution in [0.25, 0.3) is 0 Å². The van der Waals surface area contributed by atoms with Crippen molar-refractivity contribution in [1.29, 1.82) is 0 Å². The van der Waals surface area contributed by atoms with Gasteiger partial charge in [0.15, 0.2) is 0 Å². The van der Waals surface area contributed by atoms with Crippen LogP contribution < -0.4 is 21.1 Å². The highest BCUT2D eigenvalue weighted by Crippen LogP contribution is 2.32. The Morgan fingerprint density at radius 2 is 1.77 bits per heavy atom. The van der Waals surface area contributed by atoms with E-state index in [4.69, 9.17) is 23.2 Å². The lowest BCUT2D eigenvalue weighted by Gasteiger charge is -2.35. The number of piperidine rings is 1. The van der Waals surface area contributed by atoms with Crippen LogP contribution in [0.5, 0.6) is 0 Å². The summed E-state index contributed by atoms with van der Waals surface area (Å²) in [5.74, 6) is -0.400. The number of hydrogen-bond acceptors (Lipinski definition) is 5. The van der Waals surface area contributed by atoms with Gasteiger partial charge in [0.2, 0.25) is 17.8 Å². The number of halogens is 2. The molecule has 1 fully saturated rings. The van der Waals surface area contributed by atoms with E-state index < -0.39 is 17.4 Å². The molecule has 0 bridgehead atoms. The second-order valence-electron chi connectivity index (χ2n) is 8.46. The number of rotatable bonds is 3. The van der Waals surface area contributed by atoms with Gasteiger partial charge in [0.1, 0.15) is 5.82 Å². The third kappa shape index (κ3) is 4.70. The number of hydrogen-bond donors (Lipinski definition) is 3. The molecule has 0 spiro atoms. The van der Waals surface area contributed by atoms with Crippen LogP contribution in [-0.4, -0.2) is 34.9 Å². The minimum Gasteiger partial charge on any atom is -0.342 e. The number of amides is 2. The second-order valence-corrected chi connectivity index (χ2v) is 9.33. The van der Waals surface area contributed by atoms with Gasteiger partial charge < -0.3 is 15.5 Å². The molecule has 0 radical (unpaired) electrons. The van der Waals surface area contributed by atoms with Gasteiger partial charge in [-0.2, -0.15) is 4.98 Å². The smallest absolute Gasteiger partial charge is 0.258 e. The SMILES string of the molecule is CC1CC(C)CN(c2nc3c(c(=O)[nH]2)C(C(=O)Nc2cc(Cl)cc(Cl)c2)CC(=O)N3)C1. The van der Waals surface area contributed by atoms with Crippen LogP contribution in [0.4, 0.5) is 17.5 Å². The lowest BCUT2D eigenvalue weighted by molar-refractivity contribution is -0.123. The zero-order valence-electron chi connectivity index (χ0n) is 17.2. The van der Waals surface area contributed by atoms with Crippen molar-refractivity contribution in [3.8, 4) is 0 Å². The number of anilines is 3. The second kappa shape index (κ2) is 8.51. The summed E-state index contributed by atoms with van der Waals surface area (Å²) in [6.07, 6.45) is 0.952. The summed E-state index contributed by atoms with van der Waals surface area (Å²) < 4.78 is 0. The van der Waals surface area contributed by atoms with Gasteiger partial charge in [-0.3, -0.25) is 19.4 Å². The van der Waals surface area contributed by atoms with Crippen molar-refractivity contribution >= 4 is 52.5 Å². The molecular formula is C21H23Cl2N5O3. The zero-order chi connectivity index (χ0) is 22.3. The first-order valence-corrected chi connectivity index (χ1v) is 10.9. The van der Waals surface area contributed by atoms with Crippen molar-refractivity contribution in [2.24, 2.45) is 11.8 Å². The first-order chi connectivity index (χ1) is 14.7. The maximum Gasteiger partial charge on any atom is 0.258 e. The molecule has 1 aromatic heterocycles. The van der Waals surface area contributed by atoms with Gasteiger partial charge in [-0.25, -0.2) is 0 Å². The highest BCUT2D eigenvalue weighted by molar-refractivity contribution is 6.35. The number of aromatic nitrogens is 2. The lowest BCUT2D eigenvalue weighted by atomic mass is 9.91. The van der Waals surface area contributed by atoms with Crippen molar-refractivity contribution in [3.05, 3.63) is 44.2 Å². The lowest BCUT2D eigenvalue weighted by Crippen LogP contribution is -2.42. The molecule has 1 saturated heterocycles. The van der Waals surface area contributed by atoms with Crippen LogP contribution in [0.1, 0.15) is 38.2 Å². The highest BCUT2D eigenvalue weighted by atomic mass is 35.5. The van der Waals surface area contributed by atoms with Gasteiger partial charge in [-0.05, 0) is 36.5 Å². The summed E-state index contributed by atoms with van der Waals surface area (Å²) in [4.78, 5) is 47.6. The molecule has 2 aromatic rings. The van der Waals surface area contributed by atoms with Crippen molar-refractivity contribution in [2.45, 2.75) is 32.6 Å². The molecule has 31 heavy (non-hydrogen) atoms. The largest absolute Gasteiger partial charge is 0.342 e. The van der Waals surface area contributed by atoms with Crippen molar-refractivity contribution in [2.75, 3.05) is 28.6 Å². The van der Waals surface area contributed by atoms with E-state index in [2.05, 4.69) is 34.4 Å². The van der Waals surface area contributed by atoms with Gasteiger partial charge >= 0.3 is 0 Å². The van der Waals surface area contributed by atoms with Crippen LogP contribution in [0.3, 0.4) is 0 Å². The maximum absolute atomic E-state index is 13.0. The summed E-state index contributed by atoms with van der Waals surface area (Å²) in [7, 11) is 0. The van der Waals surface area contributed by atoms with E-state index in [0.717, 1.165) is 19.5 Å². The molecule has 2 amide bonds. The van der Waals surface area contributed by atoms with Crippen molar-refractivity contribution < 1.29 is 9.59 Å². The number of nitrogens with one attached hydrogen (secondary N) is 3. The molecule has 2 aliphatic heterocycles. The Hall–Kier alpha value is -2.58. The average molecular weight is 464 g/mol. The predicted octanol–water partition coefficient (Wildman–Crippen LogP) is 3.62. The fourth-order valence-electron chi connectivity index (χ4n) is 4.42. The van der Waals surface area contributed by atoms with Crippen molar-refractivity contribution in [1.82, 2.24) is 9.97 Å². The normalized spacial score (nSPS) is 23.2. The van der Waals surface area contributed by atoms with Crippen LogP contribution in [0.15, 0.2) is 23.0 Å². The topological polar surface area (TPSA) is 107 Å². The Balaban J connectivity index is 1.65. The Labute approximate surface area is 189 Å². The molecular weight excluding hydrogens is 441 g/mol. The number of aromatic amines is 1. The zero-order valence-corrected chi connectivity index (χ0v) is 18.7. The number of carbonyl (C=O) groups excluding carboxylic acids is 2. The average Bonchev–Trinajstić information content (AvgIpc) is 2.65. The monoisotopic (exact) mass is 463 g/mol. The molecule has 0 saturated carbocycles. The van der Waals surface area contributed by atoms with Gasteiger partial charge in [0, 0.05) is 35.2 Å². The molecule has 3 N–H and O–H groups in total. The Bertz CT molecular complexity index is 1070. The van der Waals surface area contributed by atoms with Crippen LogP contribution in [0, 0.1) is 11.8 Å². The summed E-state index contributed by atoms with van der Waals surface area (Å²) in [5.41, 5.74) is 0.0922. The number of benzene rings is 1. The Kier molecular flexibility index (Phi) is 5.94. The van der Waals surface area contributed by atoms with Gasteiger partial charge in [-0.15, -0.1) is 0 Å². The predicted molar refractivity (Wildman–Crippen MR) is 121 cm³/mol. The molecule has 2 aliphatic rings. The summed E-state index contributed by atoms with van der Waals surface area (Å²) >= 11 is 12.0. The molecule has 10 heteroatoms. The number of fused-ring (bicyclic) bond motifs is 1. The number of H-pyrrole nitrogens is 1. The summed E-state index contributed by atoms with van der Waals surface area (Å²) in [6, 6.07) is 4.62. The van der Waals surface area contributed by atoms with E-state index >= 15 is 0 Å². The van der Waals surface area contributed by atoms with Crippen LogP contribution in [-0.2, 0) is 9.59 Å². The van der Waals surface area contributed by atoms with E-state index in [1.165, 1.54) is 0 Å². The molecule has 3 heterocycles. The fourth-order valence-corrected chi connectivity index (χ4v) is 4.95. The number of carbonyl (C=O) groups is 2. The van der Waals surface area contributed by atoms with E-state index in [1.54, 1.807) is 18.2 Å². The molecule has 3 unspecified atom stereocenters. The standard InChI is InChI=1S/C21H23Cl2N5O3/c1-10-3-11(2)9-28(8-10)21-26-18-17(20(31)27-21)15(7-16(29)25-18)19(30)24-14-5-12(22)4-13(23)6-14/h4-6,10-11,15H,3,7-9H2,1-2H3,(H,24,30)(H2,25,26,27,29,31). The summed E-state index contributed by atoms with van der Waals surface area (Å²) in [5, 5.41) is 6.06. The Morgan fingerprint density at radius 3 is 2.42 bits per heavy atom. The Morgan fingerprint density at radius 1 is 1.13 bits per heavy atom. The molecule has 0 aliphatic carbocycles. The van der Waals surface area contributed by atoms with Gasteiger partial charge in [-0.1, -0.05) is 37.0 Å². The van der Waals surface area contributed by atoms with E-state index in [9.17, 15) is 14.4 Å². The minimum atomic E-state index is -0.981. The fraction of sp³-hybridized carbons (Fsp3) is 0.429. The highest BCUT2D eigenvalue weighted by Gasteiger charge is 2.35. The van der Waals surface area contributed by atoms with Gasteiger partial charge in [0.05, 0.1) is 11.5 Å². The van der Waals surface area contributed by atoms with Crippen LogP contribution >= 0.6 is 23.2 Å². The van der Waals surface area contributed by atoms with E-state index in [-0.39, 0.29) is 23.7 Å². The molecule has 4 rings (SSSR count). The maximum atomic E-state index is 13.0. The molecule has 1 aromatic carbocycles. The first-order valence-electron chi connectivity index (χ1n) is 10.2. The molecule has 3 atom stereocenters. The van der Waals surface area contributed by atoms with E-state index in [0.29, 0.717) is 33.5 Å². The number of nitrogens with zero attached hydrogens (tertiary/aromatic N) is 2. The van der Waals surface area contributed by atoms with Gasteiger partial charge in [0.25, 0.3) is 5.56 Å². The quantitative estimate of drug-likeness (QED) is 0.643. The third-order valence-corrected chi connectivity index (χ3v) is 5.99. The third-order valence-electron chi connectivity index (χ3n) is 5.55. The molecule has 164 valence electrons. The summed E-state index contributed by atoms with van der Waals surface area (Å²) in [6.45, 7) is 5.84. The minimum absolute atomic E-state index is 0.130. The van der Waals surface area contributed by atoms with E-state index in [1.807, 2.05) is 4.90 Å². The van der Waals surface area contributed by atoms with Crippen LogP contribution in [0.2, 0.25) is 10.0 Å². The molecule has 8 nitrogen and oxygen atoms in total. The first kappa shape index (κ1) is 21.6. The van der Waals surface area contributed by atoms with Crippen molar-refractivity contribution in [3.63, 3.8) is 0 Å².